The Kier molecular flexibility index (Phi) is 4.10. The Morgan fingerprint density at radius 3 is 2.72 bits per heavy atom. The fourth-order valence-electron chi connectivity index (χ4n) is 3.34. The first kappa shape index (κ1) is 17.5. The van der Waals surface area contributed by atoms with E-state index in [1.54, 1.807) is 10.9 Å². The quantitative estimate of drug-likeness (QED) is 0.468. The van der Waals surface area contributed by atoms with Crippen molar-refractivity contribution in [2.45, 2.75) is 13.8 Å². The molecule has 6 nitrogen and oxygen atoms in total. The van der Waals surface area contributed by atoms with Crippen LogP contribution in [0.2, 0.25) is 0 Å². The summed E-state index contributed by atoms with van der Waals surface area (Å²) in [5.74, 6) is 0.446. The van der Waals surface area contributed by atoms with Crippen LogP contribution in [0.5, 0.6) is 0 Å². The van der Waals surface area contributed by atoms with Gasteiger partial charge in [-0.3, -0.25) is 10.1 Å². The summed E-state index contributed by atoms with van der Waals surface area (Å²) in [6.07, 6.45) is 1.57. The fraction of sp³-hybridized carbons (Fsp3) is 0.0909. The zero-order valence-electron chi connectivity index (χ0n) is 15.9. The molecule has 0 bridgehead atoms. The number of carbonyl (C=O) groups excluding carboxylic acids is 1. The number of nitrogens with one attached hydrogen (secondary N) is 1. The van der Waals surface area contributed by atoms with E-state index in [-0.39, 0.29) is 5.91 Å². The molecule has 3 heterocycles. The molecule has 1 N–H and O–H groups in total. The topological polar surface area (TPSA) is 72.7 Å². The Labute approximate surface area is 170 Å². The number of carbonyl (C=O) groups is 1. The van der Waals surface area contributed by atoms with Crippen molar-refractivity contribution in [3.63, 3.8) is 0 Å². The van der Waals surface area contributed by atoms with Crippen molar-refractivity contribution in [3.05, 3.63) is 77.6 Å². The third kappa shape index (κ3) is 3.05. The van der Waals surface area contributed by atoms with Gasteiger partial charge >= 0.3 is 0 Å². The van der Waals surface area contributed by atoms with Crippen LogP contribution >= 0.6 is 11.3 Å². The summed E-state index contributed by atoms with van der Waals surface area (Å²) in [6, 6.07) is 17.8. The van der Waals surface area contributed by atoms with Crippen molar-refractivity contribution < 1.29 is 4.79 Å². The van der Waals surface area contributed by atoms with Crippen molar-refractivity contribution in [2.75, 3.05) is 5.32 Å². The van der Waals surface area contributed by atoms with Gasteiger partial charge in [0, 0.05) is 5.39 Å². The van der Waals surface area contributed by atoms with Gasteiger partial charge in [0.1, 0.15) is 0 Å². The molecule has 5 rings (SSSR count). The molecule has 0 saturated carbocycles. The lowest BCUT2D eigenvalue weighted by Crippen LogP contribution is -2.13. The predicted octanol–water partition coefficient (Wildman–Crippen LogP) is 4.90. The van der Waals surface area contributed by atoms with Crippen molar-refractivity contribution in [1.29, 1.82) is 0 Å². The van der Waals surface area contributed by atoms with Crippen LogP contribution < -0.4 is 5.32 Å². The summed E-state index contributed by atoms with van der Waals surface area (Å²) in [5.41, 5.74) is 4.11. The van der Waals surface area contributed by atoms with Gasteiger partial charge in [-0.1, -0.05) is 41.7 Å². The largest absolute Gasteiger partial charge is 0.298 e. The van der Waals surface area contributed by atoms with Crippen molar-refractivity contribution in [2.24, 2.45) is 0 Å². The molecular formula is C22H17N5OS. The van der Waals surface area contributed by atoms with Crippen molar-refractivity contribution in [3.8, 4) is 5.82 Å². The molecule has 29 heavy (non-hydrogen) atoms. The van der Waals surface area contributed by atoms with Crippen LogP contribution in [0.25, 0.3) is 26.9 Å². The van der Waals surface area contributed by atoms with Crippen LogP contribution in [-0.4, -0.2) is 25.7 Å². The van der Waals surface area contributed by atoms with E-state index in [4.69, 9.17) is 0 Å². The van der Waals surface area contributed by atoms with E-state index in [1.165, 1.54) is 11.3 Å². The Bertz CT molecular complexity index is 1380. The number of aromatic nitrogens is 4. The highest BCUT2D eigenvalue weighted by atomic mass is 32.1. The highest BCUT2D eigenvalue weighted by molar-refractivity contribution is 7.22. The first-order valence-electron chi connectivity index (χ1n) is 9.18. The number of hydrogen-bond donors (Lipinski definition) is 1. The highest BCUT2D eigenvalue weighted by Gasteiger charge is 2.18. The van der Waals surface area contributed by atoms with Gasteiger partial charge in [-0.25, -0.2) is 14.6 Å². The van der Waals surface area contributed by atoms with Gasteiger partial charge in [0.05, 0.1) is 33.2 Å². The number of aryl methyl sites for hydroxylation is 1. The van der Waals surface area contributed by atoms with E-state index in [2.05, 4.69) is 20.4 Å². The average molecular weight is 399 g/mol. The maximum absolute atomic E-state index is 12.8. The van der Waals surface area contributed by atoms with Crippen LogP contribution in [0.3, 0.4) is 0 Å². The molecule has 3 aromatic heterocycles. The number of hydrogen-bond acceptors (Lipinski definition) is 5. The molecule has 2 aromatic carbocycles. The zero-order valence-corrected chi connectivity index (χ0v) is 16.7. The summed E-state index contributed by atoms with van der Waals surface area (Å²) in [6.45, 7) is 3.87. The molecule has 0 spiro atoms. The number of pyridine rings is 1. The van der Waals surface area contributed by atoms with Gasteiger partial charge in [0.2, 0.25) is 0 Å². The van der Waals surface area contributed by atoms with E-state index in [9.17, 15) is 4.79 Å². The van der Waals surface area contributed by atoms with Crippen LogP contribution in [0, 0.1) is 13.8 Å². The molecule has 0 atom stereocenters. The number of amides is 1. The van der Waals surface area contributed by atoms with Gasteiger partial charge in [-0.05, 0) is 43.7 Å². The molecular weight excluding hydrogens is 382 g/mol. The van der Waals surface area contributed by atoms with E-state index in [0.717, 1.165) is 32.4 Å². The molecule has 0 saturated heterocycles. The van der Waals surface area contributed by atoms with Gasteiger partial charge in [-0.15, -0.1) is 0 Å². The maximum Gasteiger partial charge on any atom is 0.260 e. The summed E-state index contributed by atoms with van der Waals surface area (Å²) in [7, 11) is 0. The van der Waals surface area contributed by atoms with Crippen LogP contribution in [-0.2, 0) is 0 Å². The lowest BCUT2D eigenvalue weighted by Gasteiger charge is -2.06. The maximum atomic E-state index is 12.8. The molecule has 0 aliphatic carbocycles. The third-order valence-corrected chi connectivity index (χ3v) is 5.83. The first-order chi connectivity index (χ1) is 14.1. The summed E-state index contributed by atoms with van der Waals surface area (Å²) in [5, 5.41) is 8.93. The third-order valence-electron chi connectivity index (χ3n) is 4.90. The standard InChI is InChI=1S/C22H17N5OS/c1-13-6-5-9-18-20(13)25-22(29-18)26-21(28)16-12-23-27(14(16)2)19-11-10-15-7-3-4-8-17(15)24-19/h3-12H,1-2H3,(H,25,26,28). The number of thiazole rings is 1. The van der Waals surface area contributed by atoms with Crippen molar-refractivity contribution in [1.82, 2.24) is 19.7 Å². The Hall–Kier alpha value is -3.58. The molecule has 1 amide bonds. The minimum atomic E-state index is -0.230. The predicted molar refractivity (Wildman–Crippen MR) is 116 cm³/mol. The molecule has 7 heteroatoms. The number of para-hydroxylation sites is 2. The minimum absolute atomic E-state index is 0.230. The normalized spacial score (nSPS) is 11.2. The smallest absolute Gasteiger partial charge is 0.260 e. The van der Waals surface area contributed by atoms with Gasteiger partial charge < -0.3 is 0 Å². The van der Waals surface area contributed by atoms with Gasteiger partial charge in [-0.2, -0.15) is 5.10 Å². The first-order valence-corrected chi connectivity index (χ1v) is 10.00. The van der Waals surface area contributed by atoms with E-state index < -0.39 is 0 Å². The minimum Gasteiger partial charge on any atom is -0.298 e. The summed E-state index contributed by atoms with van der Waals surface area (Å²) >= 11 is 1.46. The van der Waals surface area contributed by atoms with E-state index in [0.29, 0.717) is 16.5 Å². The van der Waals surface area contributed by atoms with E-state index >= 15 is 0 Å². The monoisotopic (exact) mass is 399 g/mol. The van der Waals surface area contributed by atoms with Crippen molar-refractivity contribution >= 4 is 43.5 Å². The van der Waals surface area contributed by atoms with Crippen LogP contribution in [0.15, 0.2) is 60.8 Å². The number of benzene rings is 2. The Morgan fingerprint density at radius 2 is 1.86 bits per heavy atom. The molecule has 0 aliphatic heterocycles. The van der Waals surface area contributed by atoms with Crippen LogP contribution in [0.4, 0.5) is 5.13 Å². The number of rotatable bonds is 3. The zero-order chi connectivity index (χ0) is 20.0. The van der Waals surface area contributed by atoms with E-state index in [1.807, 2.05) is 68.4 Å². The lowest BCUT2D eigenvalue weighted by molar-refractivity contribution is 0.102. The summed E-state index contributed by atoms with van der Waals surface area (Å²) < 4.78 is 2.73. The van der Waals surface area contributed by atoms with Gasteiger partial charge in [0.15, 0.2) is 10.9 Å². The number of anilines is 1. The fourth-order valence-corrected chi connectivity index (χ4v) is 4.28. The lowest BCUT2D eigenvalue weighted by atomic mass is 10.2. The second kappa shape index (κ2) is 6.79. The molecule has 0 unspecified atom stereocenters. The number of nitrogens with zero attached hydrogens (tertiary/aromatic N) is 4. The molecule has 142 valence electrons. The van der Waals surface area contributed by atoms with Crippen LogP contribution in [0.1, 0.15) is 21.6 Å². The SMILES string of the molecule is Cc1cccc2sc(NC(=O)c3cnn(-c4ccc5ccccc5n4)c3C)nc12. The van der Waals surface area contributed by atoms with Gasteiger partial charge in [0.25, 0.3) is 5.91 Å². The second-order valence-corrected chi connectivity index (χ2v) is 7.84. The average Bonchev–Trinajstić information content (AvgIpc) is 3.31. The highest BCUT2D eigenvalue weighted by Crippen LogP contribution is 2.28. The molecule has 0 aliphatic rings. The molecule has 0 fully saturated rings. The Morgan fingerprint density at radius 1 is 1.00 bits per heavy atom. The number of fused-ring (bicyclic) bond motifs is 2. The molecule has 0 radical (unpaired) electrons. The summed E-state index contributed by atoms with van der Waals surface area (Å²) in [4.78, 5) is 22.0. The molecule has 5 aromatic rings. The second-order valence-electron chi connectivity index (χ2n) is 6.81. The Balaban J connectivity index is 1.46.